The summed E-state index contributed by atoms with van der Waals surface area (Å²) in [5.41, 5.74) is 7.93. The summed E-state index contributed by atoms with van der Waals surface area (Å²) in [6.07, 6.45) is 4.49. The number of nitrogens with two attached hydrogens (primary N) is 1. The molecule has 0 saturated heterocycles. The van der Waals surface area contributed by atoms with E-state index in [0.29, 0.717) is 19.6 Å². The third kappa shape index (κ3) is 3.91. The molecule has 0 bridgehead atoms. The first kappa shape index (κ1) is 13.8. The van der Waals surface area contributed by atoms with Gasteiger partial charge < -0.3 is 15.8 Å². The van der Waals surface area contributed by atoms with Gasteiger partial charge in [-0.3, -0.25) is 4.79 Å². The Morgan fingerprint density at radius 1 is 1.42 bits per heavy atom. The maximum atomic E-state index is 11.9. The summed E-state index contributed by atoms with van der Waals surface area (Å²) in [5, 5.41) is 2.94. The van der Waals surface area contributed by atoms with Crippen LogP contribution in [0.2, 0.25) is 0 Å². The molecule has 3 N–H and O–H groups in total. The van der Waals surface area contributed by atoms with Crippen LogP contribution in [0.25, 0.3) is 0 Å². The number of hydrogen-bond acceptors (Lipinski definition) is 3. The second-order valence-electron chi connectivity index (χ2n) is 4.86. The highest BCUT2D eigenvalue weighted by molar-refractivity contribution is 5.81. The van der Waals surface area contributed by atoms with Crippen LogP contribution in [-0.4, -0.2) is 19.1 Å². The zero-order valence-electron chi connectivity index (χ0n) is 11.1. The lowest BCUT2D eigenvalue weighted by molar-refractivity contribution is -0.123. The number of carbonyl (C=O) groups excluding carboxylic acids is 1. The molecule has 0 aliphatic heterocycles. The zero-order chi connectivity index (χ0) is 13.7. The van der Waals surface area contributed by atoms with E-state index >= 15 is 0 Å². The van der Waals surface area contributed by atoms with Crippen LogP contribution in [0, 0.1) is 5.92 Å². The highest BCUT2D eigenvalue weighted by Gasteiger charge is 2.22. The molecule has 0 fully saturated rings. The fourth-order valence-corrected chi connectivity index (χ4v) is 2.24. The Morgan fingerprint density at radius 3 is 2.89 bits per heavy atom. The molecule has 1 aliphatic carbocycles. The average Bonchev–Trinajstić information content (AvgIpc) is 2.84. The molecule has 2 atom stereocenters. The maximum absolute atomic E-state index is 11.9. The lowest BCUT2D eigenvalue weighted by atomic mass is 10.1. The van der Waals surface area contributed by atoms with E-state index in [1.165, 1.54) is 0 Å². The van der Waals surface area contributed by atoms with Crippen molar-refractivity contribution in [2.75, 3.05) is 7.11 Å². The van der Waals surface area contributed by atoms with E-state index in [9.17, 15) is 4.79 Å². The predicted molar refractivity (Wildman–Crippen MR) is 74.2 cm³/mol. The Morgan fingerprint density at radius 2 is 2.21 bits per heavy atom. The number of methoxy groups -OCH3 is 1. The van der Waals surface area contributed by atoms with Gasteiger partial charge in [-0.2, -0.15) is 0 Å². The van der Waals surface area contributed by atoms with Crippen molar-refractivity contribution >= 4 is 5.91 Å². The molecule has 0 spiro atoms. The van der Waals surface area contributed by atoms with Crippen LogP contribution in [-0.2, 0) is 22.7 Å². The highest BCUT2D eigenvalue weighted by atomic mass is 16.5. The fourth-order valence-electron chi connectivity index (χ4n) is 2.24. The number of benzene rings is 1. The number of nitrogens with one attached hydrogen (secondary N) is 1. The topological polar surface area (TPSA) is 64.3 Å². The number of amides is 1. The lowest BCUT2D eigenvalue weighted by Gasteiger charge is -2.11. The SMILES string of the molecule is COCc1cccc(CNC(=O)C2C=CC(N)C2)c1. The average molecular weight is 260 g/mol. The van der Waals surface area contributed by atoms with Crippen molar-refractivity contribution in [1.29, 1.82) is 0 Å². The van der Waals surface area contributed by atoms with E-state index in [2.05, 4.69) is 5.32 Å². The van der Waals surface area contributed by atoms with Crippen LogP contribution in [0.4, 0.5) is 0 Å². The van der Waals surface area contributed by atoms with E-state index < -0.39 is 0 Å². The first-order chi connectivity index (χ1) is 9.19. The van der Waals surface area contributed by atoms with E-state index in [-0.39, 0.29) is 17.9 Å². The van der Waals surface area contributed by atoms with Crippen molar-refractivity contribution in [3.63, 3.8) is 0 Å². The number of rotatable bonds is 5. The summed E-state index contributed by atoms with van der Waals surface area (Å²) >= 11 is 0. The molecule has 0 aromatic heterocycles. The first-order valence-electron chi connectivity index (χ1n) is 6.47. The zero-order valence-corrected chi connectivity index (χ0v) is 11.1. The fraction of sp³-hybridized carbons (Fsp3) is 0.400. The summed E-state index contributed by atoms with van der Waals surface area (Å²) in [6, 6.07) is 8.03. The van der Waals surface area contributed by atoms with E-state index in [4.69, 9.17) is 10.5 Å². The van der Waals surface area contributed by atoms with Crippen LogP contribution in [0.3, 0.4) is 0 Å². The summed E-state index contributed by atoms with van der Waals surface area (Å²) in [4.78, 5) is 11.9. The minimum atomic E-state index is -0.0860. The monoisotopic (exact) mass is 260 g/mol. The molecule has 1 aromatic rings. The van der Waals surface area contributed by atoms with E-state index in [1.807, 2.05) is 36.4 Å². The Balaban J connectivity index is 1.86. The van der Waals surface area contributed by atoms with Crippen LogP contribution >= 0.6 is 0 Å². The summed E-state index contributed by atoms with van der Waals surface area (Å²) in [6.45, 7) is 1.12. The van der Waals surface area contributed by atoms with Crippen molar-refractivity contribution in [3.05, 3.63) is 47.5 Å². The second kappa shape index (κ2) is 6.50. The summed E-state index contributed by atoms with van der Waals surface area (Å²) in [7, 11) is 1.67. The molecule has 4 heteroatoms. The Bertz CT molecular complexity index is 471. The maximum Gasteiger partial charge on any atom is 0.227 e. The van der Waals surface area contributed by atoms with Gasteiger partial charge in [-0.25, -0.2) is 0 Å². The molecule has 0 heterocycles. The van der Waals surface area contributed by atoms with Gasteiger partial charge in [0.25, 0.3) is 0 Å². The van der Waals surface area contributed by atoms with Gasteiger partial charge in [0.2, 0.25) is 5.91 Å². The lowest BCUT2D eigenvalue weighted by Crippen LogP contribution is -2.30. The molecule has 4 nitrogen and oxygen atoms in total. The normalized spacial score (nSPS) is 21.6. The smallest absolute Gasteiger partial charge is 0.227 e. The third-order valence-electron chi connectivity index (χ3n) is 3.22. The van der Waals surface area contributed by atoms with Crippen LogP contribution < -0.4 is 11.1 Å². The van der Waals surface area contributed by atoms with Crippen molar-refractivity contribution in [2.45, 2.75) is 25.6 Å². The van der Waals surface area contributed by atoms with E-state index in [0.717, 1.165) is 11.1 Å². The number of hydrogen-bond donors (Lipinski definition) is 2. The minimum Gasteiger partial charge on any atom is -0.380 e. The van der Waals surface area contributed by atoms with Gasteiger partial charge in [-0.1, -0.05) is 36.4 Å². The largest absolute Gasteiger partial charge is 0.380 e. The van der Waals surface area contributed by atoms with Gasteiger partial charge in [0.1, 0.15) is 0 Å². The van der Waals surface area contributed by atoms with Crippen molar-refractivity contribution in [2.24, 2.45) is 11.7 Å². The quantitative estimate of drug-likeness (QED) is 0.786. The van der Waals surface area contributed by atoms with Crippen molar-refractivity contribution in [1.82, 2.24) is 5.32 Å². The molecule has 2 rings (SSSR count). The molecule has 1 aromatic carbocycles. The molecule has 0 saturated carbocycles. The van der Waals surface area contributed by atoms with Gasteiger partial charge >= 0.3 is 0 Å². The Kier molecular flexibility index (Phi) is 4.71. The second-order valence-corrected chi connectivity index (χ2v) is 4.86. The van der Waals surface area contributed by atoms with Gasteiger partial charge in [0.15, 0.2) is 0 Å². The predicted octanol–water partition coefficient (Wildman–Crippen LogP) is 1.35. The minimum absolute atomic E-state index is 0.0146. The molecule has 0 radical (unpaired) electrons. The van der Waals surface area contributed by atoms with Crippen LogP contribution in [0.1, 0.15) is 17.5 Å². The summed E-state index contributed by atoms with van der Waals surface area (Å²) < 4.78 is 5.09. The molecule has 102 valence electrons. The summed E-state index contributed by atoms with van der Waals surface area (Å²) in [5.74, 6) is -0.0431. The highest BCUT2D eigenvalue weighted by Crippen LogP contribution is 2.16. The van der Waals surface area contributed by atoms with Gasteiger partial charge in [0, 0.05) is 19.7 Å². The number of carbonyl (C=O) groups is 1. The van der Waals surface area contributed by atoms with Gasteiger partial charge in [-0.05, 0) is 17.5 Å². The Labute approximate surface area is 113 Å². The molecule has 2 unspecified atom stereocenters. The molecule has 19 heavy (non-hydrogen) atoms. The van der Waals surface area contributed by atoms with Gasteiger partial charge in [-0.15, -0.1) is 0 Å². The first-order valence-corrected chi connectivity index (χ1v) is 6.47. The Hall–Kier alpha value is -1.65. The molecule has 1 aliphatic rings. The van der Waals surface area contributed by atoms with Crippen molar-refractivity contribution < 1.29 is 9.53 Å². The molecular formula is C15H20N2O2. The van der Waals surface area contributed by atoms with Crippen LogP contribution in [0.5, 0.6) is 0 Å². The third-order valence-corrected chi connectivity index (χ3v) is 3.22. The van der Waals surface area contributed by atoms with Gasteiger partial charge in [0.05, 0.1) is 12.5 Å². The van der Waals surface area contributed by atoms with E-state index in [1.54, 1.807) is 7.11 Å². The van der Waals surface area contributed by atoms with Crippen molar-refractivity contribution in [3.8, 4) is 0 Å². The van der Waals surface area contributed by atoms with Crippen LogP contribution in [0.15, 0.2) is 36.4 Å². The standard InChI is InChI=1S/C15H20N2O2/c1-19-10-12-4-2-3-11(7-12)9-17-15(18)13-5-6-14(16)8-13/h2-7,13-14H,8-10,16H2,1H3,(H,17,18). The molecular weight excluding hydrogens is 240 g/mol. The molecule has 1 amide bonds. The number of ether oxygens (including phenoxy) is 1.